The van der Waals surface area contributed by atoms with Crippen LogP contribution < -0.4 is 29.1 Å². The Hall–Kier alpha value is -10.8. The summed E-state index contributed by atoms with van der Waals surface area (Å²) in [6, 6.07) is 60.8. The fourth-order valence-electron chi connectivity index (χ4n) is 15.9. The van der Waals surface area contributed by atoms with Gasteiger partial charge < -0.3 is 28.4 Å². The first-order chi connectivity index (χ1) is 57.2. The molecule has 29 nitrogen and oxygen atoms in total. The van der Waals surface area contributed by atoms with Gasteiger partial charge in [0.2, 0.25) is 40.1 Å². The molecule has 8 heterocycles. The molecule has 0 N–H and O–H groups in total. The lowest BCUT2D eigenvalue weighted by Crippen LogP contribution is -2.50. The van der Waals surface area contributed by atoms with E-state index in [1.807, 2.05) is 141 Å². The molecule has 0 spiro atoms. The number of amides is 4. The third-order valence-corrected chi connectivity index (χ3v) is 30.4. The summed E-state index contributed by atoms with van der Waals surface area (Å²) in [7, 11) is -13.3. The summed E-state index contributed by atoms with van der Waals surface area (Å²) in [4.78, 5) is 67.4. The Balaban J connectivity index is 0.000000131. The molecule has 4 amide bonds. The first-order valence-corrected chi connectivity index (χ1v) is 45.4. The summed E-state index contributed by atoms with van der Waals surface area (Å²) < 4.78 is 143. The number of aryl methyl sites for hydroxylation is 2. The molecule has 9 aromatic carbocycles. The summed E-state index contributed by atoms with van der Waals surface area (Å²) in [5.41, 5.74) is 8.84. The molecule has 17 rings (SSSR count). The molecular formula is C85H88BrN9O20S4. The van der Waals surface area contributed by atoms with Gasteiger partial charge in [0.15, 0.2) is 4.90 Å². The Kier molecular flexibility index (Phi) is 25.9. The smallest absolute Gasteiger partial charge is 0.414 e. The van der Waals surface area contributed by atoms with Crippen molar-refractivity contribution in [2.24, 2.45) is 0 Å². The first kappa shape index (κ1) is 84.6. The Morgan fingerprint density at radius 2 is 0.723 bits per heavy atom. The molecule has 0 aromatic heterocycles. The zero-order valence-corrected chi connectivity index (χ0v) is 70.2. The minimum absolute atomic E-state index is 0.0721. The average molecular weight is 1760 g/mol. The number of halogens is 1. The third-order valence-electron chi connectivity index (χ3n) is 22.2. The number of carbonyl (C=O) groups excluding carboxylic acids is 4. The molecule has 119 heavy (non-hydrogen) atoms. The second-order valence-corrected chi connectivity index (χ2v) is 38.1. The van der Waals surface area contributed by atoms with Crippen molar-refractivity contribution in [3.8, 4) is 17.2 Å². The number of hydrogen-bond acceptors (Lipinski definition) is 20. The van der Waals surface area contributed by atoms with Gasteiger partial charge in [0.25, 0.3) is 5.69 Å². The predicted molar refractivity (Wildman–Crippen MR) is 446 cm³/mol. The van der Waals surface area contributed by atoms with Crippen LogP contribution in [0.15, 0.2) is 236 Å². The third kappa shape index (κ3) is 18.5. The lowest BCUT2D eigenvalue weighted by molar-refractivity contribution is -0.387. The number of nitrogens with zero attached hydrogens (tertiary/aromatic N) is 9. The van der Waals surface area contributed by atoms with Crippen LogP contribution in [0.3, 0.4) is 0 Å². The van der Waals surface area contributed by atoms with Crippen LogP contribution in [0.1, 0.15) is 84.7 Å². The Morgan fingerprint density at radius 3 is 1.15 bits per heavy atom. The number of nitro groups is 1. The Morgan fingerprint density at radius 1 is 0.378 bits per heavy atom. The van der Waals surface area contributed by atoms with E-state index < -0.39 is 56.8 Å². The van der Waals surface area contributed by atoms with E-state index in [1.165, 1.54) is 54.7 Å². The molecule has 624 valence electrons. The maximum atomic E-state index is 13.2. The minimum atomic E-state index is -4.01. The number of nitro benzene ring substituents is 1. The number of hydrogen-bond donors (Lipinski definition) is 0. The van der Waals surface area contributed by atoms with Crippen molar-refractivity contribution in [1.82, 2.24) is 17.2 Å². The monoisotopic (exact) mass is 1760 g/mol. The molecule has 4 fully saturated rings. The van der Waals surface area contributed by atoms with Crippen LogP contribution in [0.2, 0.25) is 0 Å². The highest BCUT2D eigenvalue weighted by molar-refractivity contribution is 9.10. The SMILES string of the molecule is COc1cccc(S(=O)(=O)N2CCC(N3C(=O)OCc4ccccc43)CC2)c1.Cc1ccc(S(=O)(=O)N2CCC(N3C(=O)OCc4cccc(C)c43)CC2)cc1.O=C1OCc2ccccc2N1C1CCN(S(=O)(=O)c2ccc(Oc3ccc(Br)cc3)cc2)CC1.O=C1OCc2ccccc2N1C1CCN(S(=O)(=O)c2ccccc2[N+](=O)[O-])CC1. The van der Waals surface area contributed by atoms with Crippen LogP contribution in [0, 0.1) is 24.0 Å². The van der Waals surface area contributed by atoms with Crippen molar-refractivity contribution in [2.45, 2.75) is 135 Å². The van der Waals surface area contributed by atoms with Gasteiger partial charge in [0, 0.05) is 115 Å². The summed E-state index contributed by atoms with van der Waals surface area (Å²) in [5.74, 6) is 1.73. The van der Waals surface area contributed by atoms with Crippen LogP contribution in [-0.2, 0) is 85.5 Å². The topological polar surface area (TPSA) is 329 Å². The predicted octanol–water partition coefficient (Wildman–Crippen LogP) is 15.1. The zero-order chi connectivity index (χ0) is 83.9. The maximum Gasteiger partial charge on any atom is 0.414 e. The summed E-state index contributed by atoms with van der Waals surface area (Å²) in [6.45, 7) is 7.38. The van der Waals surface area contributed by atoms with Crippen molar-refractivity contribution in [1.29, 1.82) is 0 Å². The number of benzene rings is 9. The number of para-hydroxylation sites is 5. The lowest BCUT2D eigenvalue weighted by atomic mass is 10.00. The van der Waals surface area contributed by atoms with Gasteiger partial charge in [-0.3, -0.25) is 29.7 Å². The van der Waals surface area contributed by atoms with Crippen LogP contribution in [0.4, 0.5) is 47.6 Å². The van der Waals surface area contributed by atoms with Gasteiger partial charge in [-0.1, -0.05) is 125 Å². The molecule has 8 aliphatic rings. The summed E-state index contributed by atoms with van der Waals surface area (Å²) >= 11 is 3.38. The van der Waals surface area contributed by atoms with Crippen molar-refractivity contribution in [3.05, 3.63) is 260 Å². The van der Waals surface area contributed by atoms with Crippen LogP contribution >= 0.6 is 15.9 Å². The normalized spacial score (nSPS) is 18.1. The molecule has 0 saturated carbocycles. The van der Waals surface area contributed by atoms with E-state index in [0.29, 0.717) is 113 Å². The minimum Gasteiger partial charge on any atom is -0.497 e. The van der Waals surface area contributed by atoms with E-state index in [4.69, 9.17) is 28.4 Å². The number of anilines is 4. The van der Waals surface area contributed by atoms with Gasteiger partial charge >= 0.3 is 24.4 Å². The van der Waals surface area contributed by atoms with E-state index in [-0.39, 0.29) is 96.7 Å². The van der Waals surface area contributed by atoms with Crippen molar-refractivity contribution < 1.29 is 86.2 Å². The molecule has 9 aromatic rings. The van der Waals surface area contributed by atoms with Crippen LogP contribution in [0.5, 0.6) is 17.2 Å². The average Bonchev–Trinajstić information content (AvgIpc) is 0.795. The fraction of sp³-hybridized carbons (Fsp3) is 0.318. The number of fused-ring (bicyclic) bond motifs is 4. The van der Waals surface area contributed by atoms with Crippen molar-refractivity contribution >= 4 is 109 Å². The Labute approximate surface area is 699 Å². The molecule has 0 bridgehead atoms. The number of cyclic esters (lactones) is 4. The molecule has 0 aliphatic carbocycles. The quantitative estimate of drug-likeness (QED) is 0.0493. The standard InChI is InChI=1S/C25H23BrN2O5S.C21H24N2O4S.C20H22N2O5S.C19H19N3O6S/c26-19-5-7-21(8-6-19)33-22-9-11-23(12-10-22)34(30,31)27-15-13-20(14-16-27)28-24-4-2-1-3-18(24)17-32-25(28)29;1-15-6-8-19(9-7-15)28(25,26)22-12-10-18(11-13-22)23-20-16(2)4-3-5-17(20)14-27-21(23)24;1-26-17-6-4-7-18(13-17)28(24,25)21-11-9-16(10-12-21)22-19-8-3-2-5-15(19)14-27-20(22)23;23-19-21(16-6-2-1-5-14(16)13-28-19)15-9-11-20(12-10-15)29(26,27)18-8-4-3-7-17(18)22(24)25/h1-12,20H,13-17H2;3-9,18H,10-14H2,1-2H3;2-8,13,16H,9-12,14H2,1H3;1-8,15H,9-13H2. The van der Waals surface area contributed by atoms with Gasteiger partial charge in [-0.25, -0.2) is 52.8 Å². The highest BCUT2D eigenvalue weighted by atomic mass is 79.9. The van der Waals surface area contributed by atoms with Crippen molar-refractivity contribution in [3.63, 3.8) is 0 Å². The number of carbonyl (C=O) groups is 4. The fourth-order valence-corrected chi connectivity index (χ4v) is 22.3. The molecule has 4 saturated heterocycles. The summed E-state index contributed by atoms with van der Waals surface area (Å²) in [6.07, 6.45) is 2.61. The number of methoxy groups -OCH3 is 1. The first-order valence-electron chi connectivity index (χ1n) is 38.8. The number of sulfonamides is 4. The lowest BCUT2D eigenvalue weighted by Gasteiger charge is -2.40. The zero-order valence-electron chi connectivity index (χ0n) is 65.4. The Bertz CT molecular complexity index is 5730. The molecule has 8 aliphatic heterocycles. The highest BCUT2D eigenvalue weighted by Crippen LogP contribution is 2.41. The molecule has 0 radical (unpaired) electrons. The van der Waals surface area contributed by atoms with E-state index in [1.54, 1.807) is 74.2 Å². The van der Waals surface area contributed by atoms with Gasteiger partial charge in [0.05, 0.1) is 49.5 Å². The second kappa shape index (κ2) is 36.4. The summed E-state index contributed by atoms with van der Waals surface area (Å²) in [5, 5.41) is 11.2. The molecule has 34 heteroatoms. The van der Waals surface area contributed by atoms with Gasteiger partial charge in [-0.05, 0) is 168 Å². The van der Waals surface area contributed by atoms with E-state index in [9.17, 15) is 63.0 Å². The maximum absolute atomic E-state index is 13.2. The highest BCUT2D eigenvalue weighted by Gasteiger charge is 2.43. The second-order valence-electron chi connectivity index (χ2n) is 29.5. The van der Waals surface area contributed by atoms with Crippen LogP contribution in [-0.4, -0.2) is 164 Å². The number of rotatable bonds is 16. The van der Waals surface area contributed by atoms with E-state index in [2.05, 4.69) is 15.9 Å². The van der Waals surface area contributed by atoms with Gasteiger partial charge in [-0.15, -0.1) is 0 Å². The van der Waals surface area contributed by atoms with Gasteiger partial charge in [-0.2, -0.15) is 17.2 Å². The molecule has 0 atom stereocenters. The van der Waals surface area contributed by atoms with Gasteiger partial charge in [0.1, 0.15) is 43.7 Å². The van der Waals surface area contributed by atoms with E-state index in [0.717, 1.165) is 60.6 Å². The number of ether oxygens (including phenoxy) is 6. The van der Waals surface area contributed by atoms with Crippen molar-refractivity contribution in [2.75, 3.05) is 79.1 Å². The largest absolute Gasteiger partial charge is 0.497 e. The van der Waals surface area contributed by atoms with Crippen LogP contribution in [0.25, 0.3) is 0 Å². The molecular weight excluding hydrogens is 1680 g/mol. The number of piperidine rings is 4. The molecule has 0 unspecified atom stereocenters. The van der Waals surface area contributed by atoms with E-state index >= 15 is 0 Å².